The lowest BCUT2D eigenvalue weighted by atomic mass is 9.99. The molecule has 0 heterocycles. The van der Waals surface area contributed by atoms with E-state index < -0.39 is 0 Å². The number of aryl methyl sites for hydroxylation is 1. The van der Waals surface area contributed by atoms with Crippen molar-refractivity contribution in [3.05, 3.63) is 35.4 Å². The maximum atomic E-state index is 10.6. The Morgan fingerprint density at radius 2 is 2.13 bits per heavy atom. The van der Waals surface area contributed by atoms with Crippen LogP contribution in [-0.4, -0.2) is 5.91 Å². The summed E-state index contributed by atoms with van der Waals surface area (Å²) in [4.78, 5) is 10.6. The number of carbonyl (C=O) groups excluding carboxylic acids is 1. The van der Waals surface area contributed by atoms with Crippen LogP contribution >= 0.6 is 0 Å². The zero-order valence-corrected chi connectivity index (χ0v) is 9.49. The summed E-state index contributed by atoms with van der Waals surface area (Å²) in [6.45, 7) is 4.37. The van der Waals surface area contributed by atoms with Gasteiger partial charge < -0.3 is 5.73 Å². The standard InChI is InChI=1S/C13H19NO/c1-10(2)12-7-3-5-11(9-12)6-4-8-13(14)15/h3,5,7,9-10H,4,6,8H2,1-2H3,(H2,14,15). The highest BCUT2D eigenvalue weighted by atomic mass is 16.1. The molecule has 15 heavy (non-hydrogen) atoms. The SMILES string of the molecule is CC(C)c1cccc(CCCC(N)=O)c1. The van der Waals surface area contributed by atoms with Crippen LogP contribution in [-0.2, 0) is 11.2 Å². The summed E-state index contributed by atoms with van der Waals surface area (Å²) in [7, 11) is 0. The van der Waals surface area contributed by atoms with Crippen molar-refractivity contribution in [2.75, 3.05) is 0 Å². The summed E-state index contributed by atoms with van der Waals surface area (Å²) in [5.41, 5.74) is 7.74. The molecular formula is C13H19NO. The summed E-state index contributed by atoms with van der Waals surface area (Å²) in [6, 6.07) is 8.54. The fourth-order valence-electron chi connectivity index (χ4n) is 1.57. The van der Waals surface area contributed by atoms with Gasteiger partial charge in [0.1, 0.15) is 0 Å². The molecule has 82 valence electrons. The Hall–Kier alpha value is -1.31. The number of hydrogen-bond acceptors (Lipinski definition) is 1. The maximum absolute atomic E-state index is 10.6. The molecule has 1 rings (SSSR count). The number of rotatable bonds is 5. The van der Waals surface area contributed by atoms with Gasteiger partial charge in [-0.25, -0.2) is 0 Å². The number of primary amides is 1. The molecule has 0 saturated carbocycles. The molecular weight excluding hydrogens is 186 g/mol. The average Bonchev–Trinajstić information content (AvgIpc) is 2.17. The molecule has 2 nitrogen and oxygen atoms in total. The van der Waals surface area contributed by atoms with E-state index in [4.69, 9.17) is 5.73 Å². The fourth-order valence-corrected chi connectivity index (χ4v) is 1.57. The van der Waals surface area contributed by atoms with Crippen LogP contribution < -0.4 is 5.73 Å². The van der Waals surface area contributed by atoms with Gasteiger partial charge in [0.05, 0.1) is 0 Å². The molecule has 0 unspecified atom stereocenters. The molecule has 1 amide bonds. The van der Waals surface area contributed by atoms with E-state index in [0.29, 0.717) is 12.3 Å². The van der Waals surface area contributed by atoms with Crippen LogP contribution in [0.2, 0.25) is 0 Å². The van der Waals surface area contributed by atoms with Gasteiger partial charge in [0.25, 0.3) is 0 Å². The Bertz CT molecular complexity index is 331. The predicted molar refractivity (Wildman–Crippen MR) is 62.7 cm³/mol. The lowest BCUT2D eigenvalue weighted by molar-refractivity contribution is -0.118. The van der Waals surface area contributed by atoms with Gasteiger partial charge in [-0.2, -0.15) is 0 Å². The third-order valence-electron chi connectivity index (χ3n) is 2.51. The third kappa shape index (κ3) is 4.15. The fraction of sp³-hybridized carbons (Fsp3) is 0.462. The first kappa shape index (κ1) is 11.8. The molecule has 0 aliphatic carbocycles. The number of amides is 1. The molecule has 0 spiro atoms. The van der Waals surface area contributed by atoms with E-state index in [-0.39, 0.29) is 5.91 Å². The Morgan fingerprint density at radius 3 is 2.73 bits per heavy atom. The second-order valence-corrected chi connectivity index (χ2v) is 4.22. The molecule has 0 fully saturated rings. The third-order valence-corrected chi connectivity index (χ3v) is 2.51. The second kappa shape index (κ2) is 5.54. The van der Waals surface area contributed by atoms with E-state index in [9.17, 15) is 4.79 Å². The molecule has 0 bridgehead atoms. The highest BCUT2D eigenvalue weighted by Crippen LogP contribution is 2.16. The van der Waals surface area contributed by atoms with E-state index in [2.05, 4.69) is 38.1 Å². The van der Waals surface area contributed by atoms with E-state index in [1.165, 1.54) is 11.1 Å². The van der Waals surface area contributed by atoms with Gasteiger partial charge in [-0.1, -0.05) is 38.1 Å². The Morgan fingerprint density at radius 1 is 1.40 bits per heavy atom. The zero-order chi connectivity index (χ0) is 11.3. The smallest absolute Gasteiger partial charge is 0.217 e. The van der Waals surface area contributed by atoms with E-state index in [1.807, 2.05) is 0 Å². The van der Waals surface area contributed by atoms with E-state index >= 15 is 0 Å². The van der Waals surface area contributed by atoms with Crippen molar-refractivity contribution in [3.63, 3.8) is 0 Å². The minimum atomic E-state index is -0.213. The summed E-state index contributed by atoms with van der Waals surface area (Å²) in [5.74, 6) is 0.344. The second-order valence-electron chi connectivity index (χ2n) is 4.22. The summed E-state index contributed by atoms with van der Waals surface area (Å²) in [6.07, 6.45) is 2.26. The van der Waals surface area contributed by atoms with Gasteiger partial charge in [-0.05, 0) is 29.9 Å². The topological polar surface area (TPSA) is 43.1 Å². The van der Waals surface area contributed by atoms with E-state index in [1.54, 1.807) is 0 Å². The van der Waals surface area contributed by atoms with Gasteiger partial charge in [-0.15, -0.1) is 0 Å². The van der Waals surface area contributed by atoms with Crippen LogP contribution in [0.5, 0.6) is 0 Å². The average molecular weight is 205 g/mol. The predicted octanol–water partition coefficient (Wildman–Crippen LogP) is 2.62. The van der Waals surface area contributed by atoms with Crippen molar-refractivity contribution in [1.29, 1.82) is 0 Å². The molecule has 2 N–H and O–H groups in total. The van der Waals surface area contributed by atoms with Gasteiger partial charge in [0.15, 0.2) is 0 Å². The first-order chi connectivity index (χ1) is 7.09. The normalized spacial score (nSPS) is 10.6. The van der Waals surface area contributed by atoms with Crippen molar-refractivity contribution in [1.82, 2.24) is 0 Å². The highest BCUT2D eigenvalue weighted by molar-refractivity contribution is 5.73. The first-order valence-corrected chi connectivity index (χ1v) is 5.46. The Kier molecular flexibility index (Phi) is 4.35. The number of nitrogens with two attached hydrogens (primary N) is 1. The van der Waals surface area contributed by atoms with Crippen LogP contribution in [0.3, 0.4) is 0 Å². The first-order valence-electron chi connectivity index (χ1n) is 5.46. The Balaban J connectivity index is 2.54. The van der Waals surface area contributed by atoms with Crippen molar-refractivity contribution >= 4 is 5.91 Å². The zero-order valence-electron chi connectivity index (χ0n) is 9.49. The Labute approximate surface area is 91.5 Å². The minimum Gasteiger partial charge on any atom is -0.370 e. The van der Waals surface area contributed by atoms with Gasteiger partial charge >= 0.3 is 0 Å². The largest absolute Gasteiger partial charge is 0.370 e. The van der Waals surface area contributed by atoms with Crippen LogP contribution in [0.1, 0.15) is 43.7 Å². The number of hydrogen-bond donors (Lipinski definition) is 1. The summed E-state index contributed by atoms with van der Waals surface area (Å²) in [5, 5.41) is 0. The van der Waals surface area contributed by atoms with Crippen LogP contribution in [0.15, 0.2) is 24.3 Å². The van der Waals surface area contributed by atoms with E-state index in [0.717, 1.165) is 12.8 Å². The molecule has 0 saturated heterocycles. The lowest BCUT2D eigenvalue weighted by Crippen LogP contribution is -2.10. The van der Waals surface area contributed by atoms with Gasteiger partial charge in [0.2, 0.25) is 5.91 Å². The van der Waals surface area contributed by atoms with Crippen molar-refractivity contribution in [2.24, 2.45) is 5.73 Å². The highest BCUT2D eigenvalue weighted by Gasteiger charge is 2.01. The minimum absolute atomic E-state index is 0.213. The van der Waals surface area contributed by atoms with Crippen molar-refractivity contribution in [3.8, 4) is 0 Å². The summed E-state index contributed by atoms with van der Waals surface area (Å²) < 4.78 is 0. The van der Waals surface area contributed by atoms with Gasteiger partial charge in [-0.3, -0.25) is 4.79 Å². The molecule has 0 aliphatic rings. The molecule has 2 heteroatoms. The molecule has 0 atom stereocenters. The number of carbonyl (C=O) groups is 1. The van der Waals surface area contributed by atoms with Gasteiger partial charge in [0, 0.05) is 6.42 Å². The quantitative estimate of drug-likeness (QED) is 0.789. The molecule has 1 aromatic carbocycles. The maximum Gasteiger partial charge on any atom is 0.217 e. The molecule has 1 aromatic rings. The van der Waals surface area contributed by atoms with Crippen LogP contribution in [0.25, 0.3) is 0 Å². The van der Waals surface area contributed by atoms with Crippen molar-refractivity contribution < 1.29 is 4.79 Å². The summed E-state index contributed by atoms with van der Waals surface area (Å²) >= 11 is 0. The number of benzene rings is 1. The van der Waals surface area contributed by atoms with Crippen molar-refractivity contribution in [2.45, 2.75) is 39.0 Å². The van der Waals surface area contributed by atoms with Crippen LogP contribution in [0, 0.1) is 0 Å². The molecule has 0 radical (unpaired) electrons. The monoisotopic (exact) mass is 205 g/mol. The molecule has 0 aliphatic heterocycles. The van der Waals surface area contributed by atoms with Crippen LogP contribution in [0.4, 0.5) is 0 Å². The lowest BCUT2D eigenvalue weighted by Gasteiger charge is -2.07. The molecule has 0 aromatic heterocycles.